The van der Waals surface area contributed by atoms with E-state index in [4.69, 9.17) is 9.47 Å². The van der Waals surface area contributed by atoms with Gasteiger partial charge in [-0.15, -0.1) is 0 Å². The van der Waals surface area contributed by atoms with Gasteiger partial charge in [-0.1, -0.05) is 42.5 Å². The molecule has 14 heteroatoms. The largest absolute Gasteiger partial charge is 0.493 e. The summed E-state index contributed by atoms with van der Waals surface area (Å²) in [5.74, 6) is -1.80. The Balaban J connectivity index is 1.10. The molecule has 2 saturated heterocycles. The number of hydrogen-bond acceptors (Lipinski definition) is 8. The van der Waals surface area contributed by atoms with Crippen molar-refractivity contribution >= 4 is 33.6 Å². The number of carbonyl (C=O) groups is 3. The van der Waals surface area contributed by atoms with Crippen molar-refractivity contribution in [1.82, 2.24) is 19.8 Å². The predicted octanol–water partition coefficient (Wildman–Crippen LogP) is 3.70. The molecule has 0 saturated carbocycles. The smallest absolute Gasteiger partial charge is 0.326 e. The zero-order valence-electron chi connectivity index (χ0n) is 28.3. The third kappa shape index (κ3) is 9.52. The number of carboxylic acid groups (broad SMARTS) is 1. The molecule has 4 N–H and O–H groups in total. The van der Waals surface area contributed by atoms with Crippen LogP contribution in [0.4, 0.5) is 10.5 Å². The molecule has 13 nitrogen and oxygen atoms in total. The number of anilines is 1. The number of hydrogen-bond donors (Lipinski definition) is 4. The van der Waals surface area contributed by atoms with E-state index in [2.05, 4.69) is 33.0 Å². The van der Waals surface area contributed by atoms with Crippen LogP contribution in [0.15, 0.2) is 77.7 Å². The van der Waals surface area contributed by atoms with Crippen LogP contribution in [0.3, 0.4) is 0 Å². The lowest BCUT2D eigenvalue weighted by Gasteiger charge is -2.32. The Morgan fingerprint density at radius 1 is 0.880 bits per heavy atom. The number of sulfonamides is 1. The first-order chi connectivity index (χ1) is 24.0. The fraction of sp³-hybridized carbons (Fsp3) is 0.417. The molecule has 3 amide bonds. The lowest BCUT2D eigenvalue weighted by molar-refractivity contribution is -0.142. The molecule has 2 fully saturated rings. The van der Waals surface area contributed by atoms with E-state index in [0.29, 0.717) is 29.8 Å². The topological polar surface area (TPSA) is 167 Å². The summed E-state index contributed by atoms with van der Waals surface area (Å²) in [5.41, 5.74) is 2.48. The maximum atomic E-state index is 13.4. The zero-order valence-corrected chi connectivity index (χ0v) is 29.2. The highest BCUT2D eigenvalue weighted by Gasteiger charge is 2.35. The summed E-state index contributed by atoms with van der Waals surface area (Å²) < 4.78 is 38.6. The zero-order chi connectivity index (χ0) is 35.7. The van der Waals surface area contributed by atoms with Gasteiger partial charge in [0.15, 0.2) is 11.5 Å². The van der Waals surface area contributed by atoms with Gasteiger partial charge in [0.2, 0.25) is 15.9 Å². The fourth-order valence-corrected chi connectivity index (χ4v) is 7.92. The average molecular weight is 708 g/mol. The SMILES string of the molecule is COc1ccc(S(=O)(=O)N2CCCC(C(=O)N[C@@H](Cc3ccc(NC(=O)NC4CCN(Cc5ccccc5)CC4)cc3)C(=O)O)C2)cc1OC. The lowest BCUT2D eigenvalue weighted by atomic mass is 9.97. The van der Waals surface area contributed by atoms with Gasteiger partial charge < -0.3 is 30.5 Å². The van der Waals surface area contributed by atoms with Crippen molar-refractivity contribution in [1.29, 1.82) is 0 Å². The second-order valence-corrected chi connectivity index (χ2v) is 14.6. The first-order valence-electron chi connectivity index (χ1n) is 16.7. The third-order valence-electron chi connectivity index (χ3n) is 9.19. The molecule has 2 aliphatic heterocycles. The van der Waals surface area contributed by atoms with Crippen molar-refractivity contribution in [3.05, 3.63) is 83.9 Å². The summed E-state index contributed by atoms with van der Waals surface area (Å²) >= 11 is 0. The molecule has 5 rings (SSSR count). The Morgan fingerprint density at radius 3 is 2.24 bits per heavy atom. The van der Waals surface area contributed by atoms with Crippen molar-refractivity contribution in [2.24, 2.45) is 5.92 Å². The van der Waals surface area contributed by atoms with Crippen LogP contribution in [0.25, 0.3) is 0 Å². The number of aliphatic carboxylic acids is 1. The fourth-order valence-electron chi connectivity index (χ4n) is 6.38. The van der Waals surface area contributed by atoms with E-state index in [9.17, 15) is 27.9 Å². The van der Waals surface area contributed by atoms with Gasteiger partial charge in [0.25, 0.3) is 0 Å². The Labute approximate surface area is 293 Å². The highest BCUT2D eigenvalue weighted by molar-refractivity contribution is 7.89. The van der Waals surface area contributed by atoms with Crippen LogP contribution < -0.4 is 25.4 Å². The number of carboxylic acids is 1. The molecule has 0 bridgehead atoms. The number of carbonyl (C=O) groups excluding carboxylic acids is 2. The maximum Gasteiger partial charge on any atom is 0.326 e. The lowest BCUT2D eigenvalue weighted by Crippen LogP contribution is -2.50. The van der Waals surface area contributed by atoms with Gasteiger partial charge in [0.05, 0.1) is 25.0 Å². The second-order valence-electron chi connectivity index (χ2n) is 12.7. The van der Waals surface area contributed by atoms with Crippen LogP contribution in [0.5, 0.6) is 11.5 Å². The number of benzene rings is 3. The van der Waals surface area contributed by atoms with Gasteiger partial charge in [-0.05, 0) is 61.1 Å². The standard InChI is InChI=1S/C36H45N5O8S/c1-48-32-15-14-30(22-33(32)49-2)50(46,47)41-18-6-9-27(24-41)34(42)39-31(35(43)44)21-25-10-12-28(13-11-25)37-36(45)38-29-16-19-40(20-17-29)23-26-7-4-3-5-8-26/h3-5,7-8,10-15,22,27,29,31H,6,9,16-21,23-24H2,1-2H3,(H,39,42)(H,43,44)(H2,37,38,45)/t27?,31-/m0/s1. The quantitative estimate of drug-likeness (QED) is 0.207. The van der Waals surface area contributed by atoms with Gasteiger partial charge in [-0.3, -0.25) is 9.69 Å². The van der Waals surface area contributed by atoms with E-state index < -0.39 is 33.9 Å². The maximum absolute atomic E-state index is 13.4. The number of rotatable bonds is 13. The van der Waals surface area contributed by atoms with Gasteiger partial charge in [0, 0.05) is 56.9 Å². The number of ether oxygens (including phenoxy) is 2. The molecule has 2 atom stereocenters. The monoisotopic (exact) mass is 707 g/mol. The molecule has 0 aliphatic carbocycles. The minimum absolute atomic E-state index is 0.00916. The van der Waals surface area contributed by atoms with Crippen LogP contribution in [0.1, 0.15) is 36.8 Å². The van der Waals surface area contributed by atoms with Crippen molar-refractivity contribution in [3.8, 4) is 11.5 Å². The summed E-state index contributed by atoms with van der Waals surface area (Å²) in [6.45, 7) is 2.84. The molecule has 0 aromatic heterocycles. The average Bonchev–Trinajstić information content (AvgIpc) is 3.13. The summed E-state index contributed by atoms with van der Waals surface area (Å²) in [5, 5.41) is 18.4. The summed E-state index contributed by atoms with van der Waals surface area (Å²) in [7, 11) is -1.08. The number of nitrogens with zero attached hydrogens (tertiary/aromatic N) is 2. The van der Waals surface area contributed by atoms with Crippen molar-refractivity contribution in [2.75, 3.05) is 45.7 Å². The molecule has 268 valence electrons. The van der Waals surface area contributed by atoms with Crippen LogP contribution in [-0.4, -0.2) is 93.1 Å². The Hall–Kier alpha value is -4.66. The molecule has 3 aromatic rings. The summed E-state index contributed by atoms with van der Waals surface area (Å²) in [4.78, 5) is 40.5. The normalized spacial score (nSPS) is 18.1. The molecular weight excluding hydrogens is 662 g/mol. The molecule has 0 radical (unpaired) electrons. The number of likely N-dealkylation sites (tertiary alicyclic amines) is 1. The van der Waals surface area contributed by atoms with Crippen LogP contribution in [0, 0.1) is 5.92 Å². The third-order valence-corrected chi connectivity index (χ3v) is 11.0. The molecule has 50 heavy (non-hydrogen) atoms. The molecule has 2 aliphatic rings. The van der Waals surface area contributed by atoms with Crippen LogP contribution >= 0.6 is 0 Å². The molecule has 1 unspecified atom stereocenters. The Bertz CT molecular complexity index is 1730. The highest BCUT2D eigenvalue weighted by Crippen LogP contribution is 2.32. The Morgan fingerprint density at radius 2 is 1.58 bits per heavy atom. The first-order valence-corrected chi connectivity index (χ1v) is 18.2. The van der Waals surface area contributed by atoms with Crippen molar-refractivity contribution < 1.29 is 37.4 Å². The Kier molecular flexibility index (Phi) is 12.3. The van der Waals surface area contributed by atoms with Crippen LogP contribution in [-0.2, 0) is 32.6 Å². The number of methoxy groups -OCH3 is 2. The van der Waals surface area contributed by atoms with E-state index in [-0.39, 0.29) is 42.2 Å². The number of amides is 3. The summed E-state index contributed by atoms with van der Waals surface area (Å²) in [6, 6.07) is 20.0. The first kappa shape index (κ1) is 36.6. The highest BCUT2D eigenvalue weighted by atomic mass is 32.2. The van der Waals surface area contributed by atoms with E-state index in [0.717, 1.165) is 32.5 Å². The molecule has 0 spiro atoms. The van der Waals surface area contributed by atoms with Gasteiger partial charge in [-0.2, -0.15) is 4.31 Å². The predicted molar refractivity (Wildman–Crippen MR) is 188 cm³/mol. The van der Waals surface area contributed by atoms with Crippen molar-refractivity contribution in [3.63, 3.8) is 0 Å². The number of piperidine rings is 2. The van der Waals surface area contributed by atoms with E-state index >= 15 is 0 Å². The van der Waals surface area contributed by atoms with E-state index in [1.165, 1.54) is 42.3 Å². The minimum atomic E-state index is -3.95. The summed E-state index contributed by atoms with van der Waals surface area (Å²) in [6.07, 6.45) is 2.58. The molecule has 2 heterocycles. The van der Waals surface area contributed by atoms with E-state index in [1.54, 1.807) is 24.3 Å². The van der Waals surface area contributed by atoms with Crippen LogP contribution in [0.2, 0.25) is 0 Å². The molecule has 3 aromatic carbocycles. The molecular formula is C36H45N5O8S. The van der Waals surface area contributed by atoms with E-state index in [1.807, 2.05) is 18.2 Å². The van der Waals surface area contributed by atoms with Gasteiger partial charge >= 0.3 is 12.0 Å². The van der Waals surface area contributed by atoms with Gasteiger partial charge in [-0.25, -0.2) is 18.0 Å². The minimum Gasteiger partial charge on any atom is -0.493 e. The van der Waals surface area contributed by atoms with Crippen molar-refractivity contribution in [2.45, 2.75) is 55.6 Å². The number of nitrogens with one attached hydrogen (secondary N) is 3. The number of urea groups is 1. The van der Waals surface area contributed by atoms with Gasteiger partial charge in [0.1, 0.15) is 6.04 Å². The second kappa shape index (κ2) is 16.8.